The van der Waals surface area contributed by atoms with Gasteiger partial charge in [-0.1, -0.05) is 30.3 Å². The molecule has 11 nitrogen and oxygen atoms in total. The summed E-state index contributed by atoms with van der Waals surface area (Å²) in [6, 6.07) is 18.6. The van der Waals surface area contributed by atoms with Crippen LogP contribution >= 0.6 is 0 Å². The van der Waals surface area contributed by atoms with Crippen molar-refractivity contribution in [2.45, 2.75) is 64.0 Å². The number of aromatic nitrogens is 2. The van der Waals surface area contributed by atoms with Gasteiger partial charge >= 0.3 is 6.09 Å². The predicted molar refractivity (Wildman–Crippen MR) is 179 cm³/mol. The van der Waals surface area contributed by atoms with E-state index < -0.39 is 12.1 Å². The molecule has 6 rings (SSSR count). The highest BCUT2D eigenvalue weighted by Gasteiger charge is 2.30. The van der Waals surface area contributed by atoms with Crippen molar-refractivity contribution in [2.24, 2.45) is 11.8 Å². The summed E-state index contributed by atoms with van der Waals surface area (Å²) in [4.78, 5) is 50.5. The molecule has 1 atom stereocenters. The maximum Gasteiger partial charge on any atom is 0.404 e. The molecule has 6 N–H and O–H groups in total. The van der Waals surface area contributed by atoms with Crippen molar-refractivity contribution in [3.8, 4) is 11.1 Å². The average molecular weight is 637 g/mol. The van der Waals surface area contributed by atoms with Crippen LogP contribution in [0.5, 0.6) is 0 Å². The van der Waals surface area contributed by atoms with Crippen molar-refractivity contribution in [1.82, 2.24) is 26.1 Å². The molecule has 4 aromatic rings. The molecule has 1 heterocycles. The van der Waals surface area contributed by atoms with Gasteiger partial charge in [-0.3, -0.25) is 19.5 Å². The van der Waals surface area contributed by atoms with Gasteiger partial charge < -0.3 is 26.4 Å². The van der Waals surface area contributed by atoms with Gasteiger partial charge in [-0.2, -0.15) is 5.10 Å². The molecule has 2 saturated carbocycles. The van der Waals surface area contributed by atoms with Crippen LogP contribution in [0.15, 0.2) is 66.9 Å². The second-order valence-corrected chi connectivity index (χ2v) is 12.8. The summed E-state index contributed by atoms with van der Waals surface area (Å²) < 4.78 is 0. The minimum atomic E-state index is -1.04. The second-order valence-electron chi connectivity index (χ2n) is 12.8. The average Bonchev–Trinajstić information content (AvgIpc) is 3.76. The van der Waals surface area contributed by atoms with E-state index >= 15 is 0 Å². The Labute approximate surface area is 272 Å². The number of H-pyrrole nitrogens is 1. The maximum atomic E-state index is 13.7. The Morgan fingerprint density at radius 1 is 0.936 bits per heavy atom. The van der Waals surface area contributed by atoms with Gasteiger partial charge in [0, 0.05) is 41.6 Å². The van der Waals surface area contributed by atoms with Gasteiger partial charge in [0.25, 0.3) is 5.91 Å². The number of aromatic amines is 1. The van der Waals surface area contributed by atoms with Gasteiger partial charge in [-0.05, 0) is 104 Å². The fraction of sp³-hybridized carbons (Fsp3) is 0.361. The molecule has 11 heteroatoms. The summed E-state index contributed by atoms with van der Waals surface area (Å²) in [7, 11) is 0. The first-order chi connectivity index (χ1) is 22.7. The lowest BCUT2D eigenvalue weighted by Gasteiger charge is -2.29. The number of aryl methyl sites for hydroxylation is 1. The van der Waals surface area contributed by atoms with Crippen LogP contribution in [0.3, 0.4) is 0 Å². The van der Waals surface area contributed by atoms with Gasteiger partial charge in [-0.25, -0.2) is 4.79 Å². The van der Waals surface area contributed by atoms with E-state index in [9.17, 15) is 19.2 Å². The molecule has 0 radical (unpaired) electrons. The van der Waals surface area contributed by atoms with Crippen molar-refractivity contribution in [3.05, 3.63) is 83.6 Å². The highest BCUT2D eigenvalue weighted by molar-refractivity contribution is 5.99. The van der Waals surface area contributed by atoms with Crippen molar-refractivity contribution in [3.63, 3.8) is 0 Å². The van der Waals surface area contributed by atoms with Crippen LogP contribution in [-0.2, 0) is 16.0 Å². The Morgan fingerprint density at radius 2 is 1.70 bits per heavy atom. The maximum absolute atomic E-state index is 13.7. The molecule has 2 aliphatic carbocycles. The summed E-state index contributed by atoms with van der Waals surface area (Å²) >= 11 is 0. The fourth-order valence-corrected chi connectivity index (χ4v) is 6.28. The zero-order valence-corrected chi connectivity index (χ0v) is 26.3. The molecule has 0 spiro atoms. The summed E-state index contributed by atoms with van der Waals surface area (Å²) in [5.41, 5.74) is 5.93. The summed E-state index contributed by atoms with van der Waals surface area (Å²) in [6.45, 7) is 2.37. The molecule has 2 fully saturated rings. The van der Waals surface area contributed by atoms with E-state index in [1.54, 1.807) is 12.3 Å². The quantitative estimate of drug-likeness (QED) is 0.133. The lowest BCUT2D eigenvalue weighted by Crippen LogP contribution is -2.48. The van der Waals surface area contributed by atoms with E-state index in [0.717, 1.165) is 58.8 Å². The minimum Gasteiger partial charge on any atom is -0.465 e. The number of hydrogen-bond acceptors (Lipinski definition) is 5. The van der Waals surface area contributed by atoms with Gasteiger partial charge in [-0.15, -0.1) is 0 Å². The molecule has 4 amide bonds. The van der Waals surface area contributed by atoms with Crippen LogP contribution in [0.2, 0.25) is 0 Å². The Balaban J connectivity index is 1.14. The van der Waals surface area contributed by atoms with Crippen molar-refractivity contribution < 1.29 is 24.3 Å². The highest BCUT2D eigenvalue weighted by Crippen LogP contribution is 2.29. The number of rotatable bonds is 11. The van der Waals surface area contributed by atoms with Crippen LogP contribution < -0.4 is 21.3 Å². The highest BCUT2D eigenvalue weighted by atomic mass is 16.4. The number of carboxylic acid groups (broad SMARTS) is 1. The van der Waals surface area contributed by atoms with Crippen molar-refractivity contribution >= 4 is 40.4 Å². The van der Waals surface area contributed by atoms with Gasteiger partial charge in [0.2, 0.25) is 11.8 Å². The Morgan fingerprint density at radius 3 is 2.40 bits per heavy atom. The van der Waals surface area contributed by atoms with E-state index in [4.69, 9.17) is 5.11 Å². The molecule has 1 aromatic heterocycles. The van der Waals surface area contributed by atoms with E-state index in [-0.39, 0.29) is 29.6 Å². The molecule has 47 heavy (non-hydrogen) atoms. The predicted octanol–water partition coefficient (Wildman–Crippen LogP) is 5.17. The van der Waals surface area contributed by atoms with Gasteiger partial charge in [0.1, 0.15) is 6.04 Å². The molecule has 3 aromatic carbocycles. The number of anilines is 1. The molecule has 0 saturated heterocycles. The summed E-state index contributed by atoms with van der Waals surface area (Å²) in [5, 5.41) is 28.2. The molecule has 0 bridgehead atoms. The van der Waals surface area contributed by atoms with Gasteiger partial charge in [0.15, 0.2) is 0 Å². The van der Waals surface area contributed by atoms with Crippen molar-refractivity contribution in [1.29, 1.82) is 0 Å². The summed E-state index contributed by atoms with van der Waals surface area (Å²) in [6.07, 6.45) is 5.80. The third-order valence-electron chi connectivity index (χ3n) is 9.21. The molecular weight excluding hydrogens is 596 g/mol. The topological polar surface area (TPSA) is 165 Å². The van der Waals surface area contributed by atoms with E-state index in [1.165, 1.54) is 0 Å². The zero-order valence-electron chi connectivity index (χ0n) is 26.3. The number of hydrogen-bond donors (Lipinski definition) is 6. The molecule has 244 valence electrons. The molecule has 2 aliphatic rings. The van der Waals surface area contributed by atoms with Crippen LogP contribution in [-0.4, -0.2) is 57.7 Å². The third kappa shape index (κ3) is 8.16. The Hall–Kier alpha value is -5.19. The zero-order chi connectivity index (χ0) is 32.9. The lowest BCUT2D eigenvalue weighted by atomic mass is 9.81. The minimum absolute atomic E-state index is 0.0448. The summed E-state index contributed by atoms with van der Waals surface area (Å²) in [5.74, 6) is -0.581. The number of fused-ring (bicyclic) bond motifs is 1. The molecular formula is C36H40N6O5. The number of carbonyl (C=O) groups is 4. The van der Waals surface area contributed by atoms with Crippen LogP contribution in [0.25, 0.3) is 22.0 Å². The first-order valence-electron chi connectivity index (χ1n) is 16.2. The number of carbonyl (C=O) groups excluding carboxylic acids is 3. The standard InChI is InChI=1S/C36H40N6O5/c1-21-16-26(34(44)39-28-13-14-28)11-15-30(21)24-6-2-22(3-7-24)17-32(35(45)40-29-12-10-27-20-38-42-31(27)18-29)41-33(43)25-8-4-23(5-9-25)19-37-36(46)47/h2-3,6-7,10-12,15-16,18,20,23,25,28,32,37H,4-5,8-9,13-14,17,19H2,1H3,(H,38,42)(H,39,44)(H,40,45)(H,41,43)(H,46,47)/t23?,25?,32-/m0/s1. The Kier molecular flexibility index (Phi) is 9.51. The fourth-order valence-electron chi connectivity index (χ4n) is 6.28. The number of nitrogens with one attached hydrogen (secondary N) is 5. The number of benzene rings is 3. The van der Waals surface area contributed by atoms with Crippen molar-refractivity contribution in [2.75, 3.05) is 11.9 Å². The molecule has 0 aliphatic heterocycles. The first kappa shape index (κ1) is 31.8. The number of nitrogens with zero attached hydrogens (tertiary/aromatic N) is 1. The Bertz CT molecular complexity index is 1770. The van der Waals surface area contributed by atoms with E-state index in [1.807, 2.05) is 61.5 Å². The van der Waals surface area contributed by atoms with Crippen LogP contribution in [0.1, 0.15) is 60.0 Å². The SMILES string of the molecule is Cc1cc(C(=O)NC2CC2)ccc1-c1ccc(C[C@H](NC(=O)C2CCC(CNC(=O)O)CC2)C(=O)Nc2ccc3cn[nH]c3c2)cc1. The second kappa shape index (κ2) is 14.1. The lowest BCUT2D eigenvalue weighted by molar-refractivity contribution is -0.130. The number of amides is 4. The van der Waals surface area contributed by atoms with E-state index in [0.29, 0.717) is 43.1 Å². The first-order valence-corrected chi connectivity index (χ1v) is 16.2. The van der Waals surface area contributed by atoms with Gasteiger partial charge in [0.05, 0.1) is 11.7 Å². The third-order valence-corrected chi connectivity index (χ3v) is 9.21. The largest absolute Gasteiger partial charge is 0.465 e. The normalized spacial score (nSPS) is 18.2. The van der Waals surface area contributed by atoms with Crippen LogP contribution in [0.4, 0.5) is 10.5 Å². The molecule has 0 unspecified atom stereocenters. The van der Waals surface area contributed by atoms with Crippen LogP contribution in [0, 0.1) is 18.8 Å². The monoisotopic (exact) mass is 636 g/mol. The smallest absolute Gasteiger partial charge is 0.404 e. The van der Waals surface area contributed by atoms with E-state index in [2.05, 4.69) is 31.5 Å².